The molecule has 2 fully saturated rings. The van der Waals surface area contributed by atoms with E-state index in [4.69, 9.17) is 9.97 Å². The highest BCUT2D eigenvalue weighted by Crippen LogP contribution is 2.40. The average Bonchev–Trinajstić information content (AvgIpc) is 3.57. The van der Waals surface area contributed by atoms with Crippen LogP contribution < -0.4 is 0 Å². The summed E-state index contributed by atoms with van der Waals surface area (Å²) in [4.78, 5) is 28.8. The molecule has 5 rings (SSSR count). The van der Waals surface area contributed by atoms with Crippen LogP contribution in [0.2, 0.25) is 0 Å². The number of hydrogen-bond acceptors (Lipinski definition) is 5. The Kier molecular flexibility index (Phi) is 5.48. The molecule has 0 atom stereocenters. The van der Waals surface area contributed by atoms with Crippen molar-refractivity contribution in [1.29, 1.82) is 0 Å². The Labute approximate surface area is 185 Å². The molecule has 0 radical (unpaired) electrons. The van der Waals surface area contributed by atoms with Gasteiger partial charge in [0.05, 0.1) is 10.6 Å². The molecule has 1 saturated heterocycles. The summed E-state index contributed by atoms with van der Waals surface area (Å²) in [6.07, 6.45) is 3.21. The van der Waals surface area contributed by atoms with Crippen molar-refractivity contribution in [3.63, 3.8) is 0 Å². The largest absolute Gasteiger partial charge is 0.337 e. The molecular formula is C24H27FN4OS. The van der Waals surface area contributed by atoms with Crippen LogP contribution in [-0.4, -0.2) is 51.9 Å². The van der Waals surface area contributed by atoms with Gasteiger partial charge < -0.3 is 4.90 Å². The topological polar surface area (TPSA) is 49.3 Å². The number of fused-ring (bicyclic) bond motifs is 1. The monoisotopic (exact) mass is 438 g/mol. The number of carbonyl (C=O) groups excluding carboxylic acids is 1. The summed E-state index contributed by atoms with van der Waals surface area (Å²) in [5.41, 5.74) is 2.69. The normalized spacial score (nSPS) is 17.8. The van der Waals surface area contributed by atoms with Crippen molar-refractivity contribution in [2.24, 2.45) is 0 Å². The Morgan fingerprint density at radius 2 is 1.94 bits per heavy atom. The van der Waals surface area contributed by atoms with Crippen molar-refractivity contribution in [1.82, 2.24) is 19.8 Å². The summed E-state index contributed by atoms with van der Waals surface area (Å²) < 4.78 is 14.0. The third kappa shape index (κ3) is 4.08. The number of benzene rings is 1. The zero-order valence-electron chi connectivity index (χ0n) is 18.0. The molecule has 3 heterocycles. The number of carbonyl (C=O) groups is 1. The highest BCUT2D eigenvalue weighted by molar-refractivity contribution is 7.20. The standard InChI is InChI=1S/C24H27FN4OS/c1-15-20-16(2)26-22(17-8-9-17)27-23(20)31-21(15)24(30)29-11-5-10-28(12-13-29)14-18-6-3-4-7-19(18)25/h3-4,6-7,17H,5,8-14H2,1-2H3. The fourth-order valence-corrected chi connectivity index (χ4v) is 5.64. The van der Waals surface area contributed by atoms with E-state index < -0.39 is 0 Å². The number of aromatic nitrogens is 2. The van der Waals surface area contributed by atoms with Crippen molar-refractivity contribution >= 4 is 27.5 Å². The summed E-state index contributed by atoms with van der Waals surface area (Å²) in [5, 5.41) is 1.04. The van der Waals surface area contributed by atoms with Crippen LogP contribution in [0.5, 0.6) is 0 Å². The first-order chi connectivity index (χ1) is 15.0. The van der Waals surface area contributed by atoms with E-state index in [1.54, 1.807) is 6.07 Å². The van der Waals surface area contributed by atoms with Crippen molar-refractivity contribution in [2.75, 3.05) is 26.2 Å². The lowest BCUT2D eigenvalue weighted by Crippen LogP contribution is -2.35. The van der Waals surface area contributed by atoms with E-state index in [0.717, 1.165) is 71.1 Å². The van der Waals surface area contributed by atoms with Crippen LogP contribution in [0.25, 0.3) is 10.2 Å². The first kappa shape index (κ1) is 20.5. The average molecular weight is 439 g/mol. The van der Waals surface area contributed by atoms with Crippen LogP contribution in [0.3, 0.4) is 0 Å². The molecule has 1 aliphatic heterocycles. The molecule has 0 bridgehead atoms. The van der Waals surface area contributed by atoms with Crippen molar-refractivity contribution in [3.05, 3.63) is 57.6 Å². The maximum Gasteiger partial charge on any atom is 0.264 e. The quantitative estimate of drug-likeness (QED) is 0.594. The number of halogens is 1. The number of thiophene rings is 1. The third-order valence-electron chi connectivity index (χ3n) is 6.35. The zero-order chi connectivity index (χ0) is 21.5. The van der Waals surface area contributed by atoms with Crippen LogP contribution in [0.1, 0.15) is 57.5 Å². The molecule has 0 N–H and O–H groups in total. The lowest BCUT2D eigenvalue weighted by atomic mass is 10.1. The van der Waals surface area contributed by atoms with Crippen molar-refractivity contribution < 1.29 is 9.18 Å². The SMILES string of the molecule is Cc1nc(C2CC2)nc2sc(C(=O)N3CCCN(Cc4ccccc4F)CC3)c(C)c12. The molecule has 162 valence electrons. The molecule has 1 aliphatic carbocycles. The summed E-state index contributed by atoms with van der Waals surface area (Å²) >= 11 is 1.51. The van der Waals surface area contributed by atoms with Crippen molar-refractivity contribution in [3.8, 4) is 0 Å². The second-order valence-corrected chi connectivity index (χ2v) is 9.69. The van der Waals surface area contributed by atoms with Gasteiger partial charge in [0.2, 0.25) is 0 Å². The fraction of sp³-hybridized carbons (Fsp3) is 0.458. The third-order valence-corrected chi connectivity index (χ3v) is 7.53. The zero-order valence-corrected chi connectivity index (χ0v) is 18.8. The summed E-state index contributed by atoms with van der Waals surface area (Å²) in [6.45, 7) is 7.60. The van der Waals surface area contributed by atoms with Gasteiger partial charge in [-0.2, -0.15) is 0 Å². The lowest BCUT2D eigenvalue weighted by molar-refractivity contribution is 0.0765. The minimum absolute atomic E-state index is 0.0839. The molecule has 31 heavy (non-hydrogen) atoms. The van der Waals surface area contributed by atoms with Gasteiger partial charge in [-0.15, -0.1) is 11.3 Å². The van der Waals surface area contributed by atoms with Crippen molar-refractivity contribution in [2.45, 2.75) is 45.6 Å². The van der Waals surface area contributed by atoms with Gasteiger partial charge in [-0.25, -0.2) is 14.4 Å². The predicted molar refractivity (Wildman–Crippen MR) is 121 cm³/mol. The molecular weight excluding hydrogens is 411 g/mol. The Hall–Kier alpha value is -2.38. The van der Waals surface area contributed by atoms with E-state index >= 15 is 0 Å². The summed E-state index contributed by atoms with van der Waals surface area (Å²) in [7, 11) is 0. The molecule has 1 saturated carbocycles. The number of hydrogen-bond donors (Lipinski definition) is 0. The van der Waals surface area contributed by atoms with Gasteiger partial charge in [0.15, 0.2) is 0 Å². The second kappa shape index (κ2) is 8.28. The smallest absolute Gasteiger partial charge is 0.264 e. The fourth-order valence-electron chi connectivity index (χ4n) is 4.43. The highest BCUT2D eigenvalue weighted by atomic mass is 32.1. The minimum Gasteiger partial charge on any atom is -0.337 e. The van der Waals surface area contributed by atoms with E-state index in [2.05, 4.69) is 4.90 Å². The van der Waals surface area contributed by atoms with E-state index in [-0.39, 0.29) is 11.7 Å². The lowest BCUT2D eigenvalue weighted by Gasteiger charge is -2.22. The minimum atomic E-state index is -0.164. The first-order valence-electron chi connectivity index (χ1n) is 11.0. The molecule has 0 unspecified atom stereocenters. The van der Waals surface area contributed by atoms with Crippen LogP contribution in [-0.2, 0) is 6.54 Å². The maximum absolute atomic E-state index is 14.0. The Balaban J connectivity index is 1.33. The van der Waals surface area contributed by atoms with Gasteiger partial charge in [-0.05, 0) is 44.7 Å². The van der Waals surface area contributed by atoms with Gasteiger partial charge in [0.1, 0.15) is 16.5 Å². The van der Waals surface area contributed by atoms with Gasteiger partial charge in [-0.3, -0.25) is 9.69 Å². The predicted octanol–water partition coefficient (Wildman–Crippen LogP) is 4.67. The van der Waals surface area contributed by atoms with Crippen LogP contribution >= 0.6 is 11.3 Å². The van der Waals surface area contributed by atoms with Gasteiger partial charge in [0, 0.05) is 49.6 Å². The number of rotatable bonds is 4. The highest BCUT2D eigenvalue weighted by Gasteiger charge is 2.29. The van der Waals surface area contributed by atoms with Crippen LogP contribution in [0.15, 0.2) is 24.3 Å². The summed E-state index contributed by atoms with van der Waals surface area (Å²) in [6, 6.07) is 6.93. The Morgan fingerprint density at radius 3 is 2.71 bits per heavy atom. The number of aryl methyl sites for hydroxylation is 2. The summed E-state index contributed by atoms with van der Waals surface area (Å²) in [5.74, 6) is 1.35. The first-order valence-corrected chi connectivity index (χ1v) is 11.9. The van der Waals surface area contributed by atoms with Crippen LogP contribution in [0, 0.1) is 19.7 Å². The van der Waals surface area contributed by atoms with Crippen LogP contribution in [0.4, 0.5) is 4.39 Å². The molecule has 2 aromatic heterocycles. The molecule has 1 amide bonds. The molecule has 3 aromatic rings. The number of amides is 1. The van der Waals surface area contributed by atoms with Gasteiger partial charge >= 0.3 is 0 Å². The Morgan fingerprint density at radius 1 is 1.13 bits per heavy atom. The van der Waals surface area contributed by atoms with E-state index in [1.807, 2.05) is 30.9 Å². The van der Waals surface area contributed by atoms with E-state index in [9.17, 15) is 9.18 Å². The van der Waals surface area contributed by atoms with E-state index in [1.165, 1.54) is 17.4 Å². The number of nitrogens with zero attached hydrogens (tertiary/aromatic N) is 4. The molecule has 1 aromatic carbocycles. The Bertz CT molecular complexity index is 1140. The molecule has 2 aliphatic rings. The molecule has 0 spiro atoms. The molecule has 7 heteroatoms. The van der Waals surface area contributed by atoms with Gasteiger partial charge in [0.25, 0.3) is 5.91 Å². The maximum atomic E-state index is 14.0. The van der Waals surface area contributed by atoms with Gasteiger partial charge in [-0.1, -0.05) is 18.2 Å². The molecule has 5 nitrogen and oxygen atoms in total. The van der Waals surface area contributed by atoms with E-state index in [0.29, 0.717) is 24.6 Å². The second-order valence-electron chi connectivity index (χ2n) is 8.69.